The third kappa shape index (κ3) is 2.16. The monoisotopic (exact) mass is 247 g/mol. The van der Waals surface area contributed by atoms with Crippen LogP contribution < -0.4 is 4.74 Å². The van der Waals surface area contributed by atoms with E-state index in [0.717, 1.165) is 18.4 Å². The summed E-state index contributed by atoms with van der Waals surface area (Å²) < 4.78 is 19.3. The molecule has 94 valence electrons. The lowest BCUT2D eigenvalue weighted by atomic mass is 10.1. The lowest BCUT2D eigenvalue weighted by molar-refractivity contribution is 0.285. The quantitative estimate of drug-likeness (QED) is 0.592. The largest absolute Gasteiger partial charge is 0.490 e. The molecule has 0 atom stereocenters. The van der Waals surface area contributed by atoms with Gasteiger partial charge in [-0.15, -0.1) is 0 Å². The molecule has 0 amide bonds. The molecule has 0 unspecified atom stereocenters. The molecule has 2 aliphatic rings. The second kappa shape index (κ2) is 4.21. The van der Waals surface area contributed by atoms with Crippen molar-refractivity contribution >= 4 is 6.08 Å². The number of aliphatic imine (C=N–C) groups is 1. The molecule has 2 fully saturated rings. The van der Waals surface area contributed by atoms with Gasteiger partial charge in [-0.25, -0.2) is 9.18 Å². The minimum atomic E-state index is -0.516. The summed E-state index contributed by atoms with van der Waals surface area (Å²) in [5, 5.41) is 0. The Kier molecular flexibility index (Phi) is 2.67. The van der Waals surface area contributed by atoms with Gasteiger partial charge in [0.25, 0.3) is 0 Å². The van der Waals surface area contributed by atoms with Crippen molar-refractivity contribution in [3.05, 3.63) is 29.6 Å². The highest BCUT2D eigenvalue weighted by Gasteiger charge is 2.45. The van der Waals surface area contributed by atoms with Crippen molar-refractivity contribution in [1.29, 1.82) is 0 Å². The average molecular weight is 247 g/mol. The van der Waals surface area contributed by atoms with Gasteiger partial charge in [0.2, 0.25) is 6.08 Å². The van der Waals surface area contributed by atoms with Gasteiger partial charge >= 0.3 is 0 Å². The summed E-state index contributed by atoms with van der Waals surface area (Å²) in [6.07, 6.45) is 5.49. The Labute approximate surface area is 105 Å². The van der Waals surface area contributed by atoms with Crippen LogP contribution in [0.1, 0.15) is 31.2 Å². The first-order valence-electron chi connectivity index (χ1n) is 6.25. The van der Waals surface area contributed by atoms with E-state index >= 15 is 0 Å². The second-order valence-electron chi connectivity index (χ2n) is 5.13. The summed E-state index contributed by atoms with van der Waals surface area (Å²) in [5.74, 6) is 0.510. The third-order valence-electron chi connectivity index (χ3n) is 3.62. The van der Waals surface area contributed by atoms with Crippen molar-refractivity contribution in [2.75, 3.05) is 6.61 Å². The van der Waals surface area contributed by atoms with Gasteiger partial charge in [0.15, 0.2) is 11.6 Å². The molecule has 0 radical (unpaired) electrons. The van der Waals surface area contributed by atoms with Gasteiger partial charge < -0.3 is 4.74 Å². The summed E-state index contributed by atoms with van der Waals surface area (Å²) in [4.78, 5) is 14.1. The fraction of sp³-hybridized carbons (Fsp3) is 0.500. The Bertz CT molecular complexity index is 515. The Morgan fingerprint density at radius 1 is 1.44 bits per heavy atom. The van der Waals surface area contributed by atoms with Crippen LogP contribution in [0.15, 0.2) is 23.2 Å². The lowest BCUT2D eigenvalue weighted by Gasteiger charge is -2.11. The van der Waals surface area contributed by atoms with Crippen molar-refractivity contribution < 1.29 is 13.9 Å². The highest BCUT2D eigenvalue weighted by molar-refractivity contribution is 5.43. The molecule has 0 saturated heterocycles. The van der Waals surface area contributed by atoms with Crippen LogP contribution in [0.5, 0.6) is 5.75 Å². The highest BCUT2D eigenvalue weighted by Crippen LogP contribution is 2.49. The number of carbonyl (C=O) groups excluding carboxylic acids is 1. The van der Waals surface area contributed by atoms with E-state index in [2.05, 4.69) is 4.99 Å². The zero-order valence-electron chi connectivity index (χ0n) is 9.99. The van der Waals surface area contributed by atoms with E-state index in [9.17, 15) is 9.18 Å². The van der Waals surface area contributed by atoms with E-state index in [1.807, 2.05) is 0 Å². The van der Waals surface area contributed by atoms with Gasteiger partial charge in [-0.05, 0) is 49.3 Å². The van der Waals surface area contributed by atoms with Crippen LogP contribution in [-0.2, 0) is 10.3 Å². The van der Waals surface area contributed by atoms with Crippen LogP contribution in [0.2, 0.25) is 0 Å². The van der Waals surface area contributed by atoms with E-state index in [4.69, 9.17) is 4.74 Å². The number of rotatable bonds is 5. The topological polar surface area (TPSA) is 38.7 Å². The first kappa shape index (κ1) is 11.4. The minimum absolute atomic E-state index is 0.288. The van der Waals surface area contributed by atoms with Crippen molar-refractivity contribution in [3.63, 3.8) is 0 Å². The molecule has 0 spiro atoms. The molecule has 1 aromatic carbocycles. The average Bonchev–Trinajstić information content (AvgIpc) is 3.23. The van der Waals surface area contributed by atoms with E-state index in [1.165, 1.54) is 18.9 Å². The molecular weight excluding hydrogens is 233 g/mol. The van der Waals surface area contributed by atoms with Gasteiger partial charge in [0.05, 0.1) is 12.1 Å². The summed E-state index contributed by atoms with van der Waals surface area (Å²) >= 11 is 0. The third-order valence-corrected chi connectivity index (χ3v) is 3.62. The molecule has 4 heteroatoms. The molecule has 0 bridgehead atoms. The Hall–Kier alpha value is -1.67. The predicted octanol–water partition coefficient (Wildman–Crippen LogP) is 2.94. The maximum atomic E-state index is 13.9. The number of isocyanates is 1. The van der Waals surface area contributed by atoms with Crippen molar-refractivity contribution in [2.45, 2.75) is 31.2 Å². The van der Waals surface area contributed by atoms with Crippen LogP contribution in [-0.4, -0.2) is 12.7 Å². The van der Waals surface area contributed by atoms with Crippen LogP contribution in [0.4, 0.5) is 4.39 Å². The minimum Gasteiger partial charge on any atom is -0.490 e. The Morgan fingerprint density at radius 3 is 2.78 bits per heavy atom. The molecule has 1 aromatic rings. The van der Waals surface area contributed by atoms with Crippen LogP contribution in [0.25, 0.3) is 0 Å². The summed E-state index contributed by atoms with van der Waals surface area (Å²) in [6, 6.07) is 4.85. The molecule has 3 nitrogen and oxygen atoms in total. The number of hydrogen-bond acceptors (Lipinski definition) is 3. The number of halogens is 1. The Balaban J connectivity index is 1.77. The fourth-order valence-corrected chi connectivity index (χ4v) is 2.07. The maximum absolute atomic E-state index is 13.9. The molecule has 0 aliphatic heterocycles. The SMILES string of the molecule is O=C=NC1(c2ccc(OCC3CC3)c(F)c2)CC1. The van der Waals surface area contributed by atoms with Gasteiger partial charge in [-0.3, -0.25) is 0 Å². The standard InChI is InChI=1S/C14H14FNO2/c15-12-7-11(14(5-6-14)16-9-17)3-4-13(12)18-8-10-1-2-10/h3-4,7,10H,1-2,5-6,8H2. The van der Waals surface area contributed by atoms with Crippen molar-refractivity contribution in [2.24, 2.45) is 10.9 Å². The van der Waals surface area contributed by atoms with E-state index in [-0.39, 0.29) is 11.6 Å². The van der Waals surface area contributed by atoms with E-state index < -0.39 is 5.54 Å². The zero-order chi connectivity index (χ0) is 12.6. The van der Waals surface area contributed by atoms with Crippen LogP contribution in [0.3, 0.4) is 0 Å². The maximum Gasteiger partial charge on any atom is 0.235 e. The first-order valence-corrected chi connectivity index (χ1v) is 6.25. The van der Waals surface area contributed by atoms with Gasteiger partial charge in [-0.1, -0.05) is 6.07 Å². The molecule has 0 N–H and O–H groups in total. The van der Waals surface area contributed by atoms with Crippen LogP contribution in [0, 0.1) is 11.7 Å². The van der Waals surface area contributed by atoms with E-state index in [1.54, 1.807) is 18.2 Å². The molecule has 0 heterocycles. The normalized spacial score (nSPS) is 20.1. The number of hydrogen-bond donors (Lipinski definition) is 0. The lowest BCUT2D eigenvalue weighted by Crippen LogP contribution is -2.05. The van der Waals surface area contributed by atoms with Gasteiger partial charge in [-0.2, -0.15) is 4.99 Å². The molecule has 3 rings (SSSR count). The molecule has 2 saturated carbocycles. The molecule has 2 aliphatic carbocycles. The zero-order valence-corrected chi connectivity index (χ0v) is 9.99. The van der Waals surface area contributed by atoms with Gasteiger partial charge in [0.1, 0.15) is 0 Å². The van der Waals surface area contributed by atoms with Crippen LogP contribution >= 0.6 is 0 Å². The smallest absolute Gasteiger partial charge is 0.235 e. The highest BCUT2D eigenvalue weighted by atomic mass is 19.1. The summed E-state index contributed by atoms with van der Waals surface area (Å²) in [5.41, 5.74) is 0.222. The predicted molar refractivity (Wildman–Crippen MR) is 63.7 cm³/mol. The van der Waals surface area contributed by atoms with Crippen molar-refractivity contribution in [3.8, 4) is 5.75 Å². The number of benzene rings is 1. The molecule has 18 heavy (non-hydrogen) atoms. The fourth-order valence-electron chi connectivity index (χ4n) is 2.07. The van der Waals surface area contributed by atoms with Gasteiger partial charge in [0, 0.05) is 0 Å². The molecule has 0 aromatic heterocycles. The second-order valence-corrected chi connectivity index (χ2v) is 5.13. The summed E-state index contributed by atoms with van der Waals surface area (Å²) in [7, 11) is 0. The van der Waals surface area contributed by atoms with E-state index in [0.29, 0.717) is 12.5 Å². The molecular formula is C14H14FNO2. The summed E-state index contributed by atoms with van der Waals surface area (Å²) in [6.45, 7) is 0.591. The Morgan fingerprint density at radius 2 is 2.22 bits per heavy atom. The van der Waals surface area contributed by atoms with Crippen molar-refractivity contribution in [1.82, 2.24) is 0 Å². The number of ether oxygens (including phenoxy) is 1. The first-order chi connectivity index (χ1) is 8.73. The number of nitrogens with zero attached hydrogens (tertiary/aromatic N) is 1.